The van der Waals surface area contributed by atoms with E-state index < -0.39 is 17.7 Å². The van der Waals surface area contributed by atoms with Gasteiger partial charge in [0.1, 0.15) is 11.5 Å². The Labute approximate surface area is 202 Å². The SMILES string of the molecule is CCOc1cccc(/C(O)=C2\C(=O)C(=O)N(CCN(CC)CC)C2c2ccc(C(C)C)cc2)c1. The van der Waals surface area contributed by atoms with Crippen molar-refractivity contribution in [1.82, 2.24) is 9.80 Å². The monoisotopic (exact) mass is 464 g/mol. The molecule has 182 valence electrons. The van der Waals surface area contributed by atoms with E-state index in [0.29, 0.717) is 36.9 Å². The highest BCUT2D eigenvalue weighted by molar-refractivity contribution is 6.46. The number of carbonyl (C=O) groups is 2. The fourth-order valence-electron chi connectivity index (χ4n) is 4.36. The maximum atomic E-state index is 13.2. The average molecular weight is 465 g/mol. The zero-order chi connectivity index (χ0) is 24.8. The number of hydrogen-bond acceptors (Lipinski definition) is 5. The molecule has 1 atom stereocenters. The summed E-state index contributed by atoms with van der Waals surface area (Å²) in [7, 11) is 0. The number of likely N-dealkylation sites (tertiary alicyclic amines) is 1. The molecule has 6 nitrogen and oxygen atoms in total. The minimum Gasteiger partial charge on any atom is -0.507 e. The number of carbonyl (C=O) groups excluding carboxylic acids is 2. The molecular weight excluding hydrogens is 428 g/mol. The molecule has 1 aliphatic rings. The van der Waals surface area contributed by atoms with Gasteiger partial charge in [0.2, 0.25) is 0 Å². The third-order valence-electron chi connectivity index (χ3n) is 6.43. The minimum absolute atomic E-state index is 0.121. The maximum Gasteiger partial charge on any atom is 0.295 e. The predicted molar refractivity (Wildman–Crippen MR) is 135 cm³/mol. The molecule has 0 saturated carbocycles. The van der Waals surface area contributed by atoms with Crippen LogP contribution in [-0.4, -0.2) is 59.4 Å². The van der Waals surface area contributed by atoms with E-state index in [1.54, 1.807) is 29.2 Å². The summed E-state index contributed by atoms with van der Waals surface area (Å²) in [4.78, 5) is 30.2. The highest BCUT2D eigenvalue weighted by atomic mass is 16.5. The number of benzene rings is 2. The largest absolute Gasteiger partial charge is 0.507 e. The number of likely N-dealkylation sites (N-methyl/N-ethyl adjacent to an activating group) is 1. The van der Waals surface area contributed by atoms with Crippen molar-refractivity contribution >= 4 is 17.4 Å². The first-order valence-electron chi connectivity index (χ1n) is 12.2. The van der Waals surface area contributed by atoms with Crippen molar-refractivity contribution in [2.75, 3.05) is 32.8 Å². The number of ether oxygens (including phenoxy) is 1. The summed E-state index contributed by atoms with van der Waals surface area (Å²) in [6, 6.07) is 14.3. The van der Waals surface area contributed by atoms with Crippen LogP contribution in [-0.2, 0) is 9.59 Å². The van der Waals surface area contributed by atoms with Gasteiger partial charge in [0.25, 0.3) is 11.7 Å². The van der Waals surface area contributed by atoms with Crippen molar-refractivity contribution in [1.29, 1.82) is 0 Å². The van der Waals surface area contributed by atoms with Gasteiger partial charge in [-0.1, -0.05) is 64.1 Å². The molecule has 0 aromatic heterocycles. The second-order valence-corrected chi connectivity index (χ2v) is 8.80. The van der Waals surface area contributed by atoms with E-state index >= 15 is 0 Å². The number of nitrogens with zero attached hydrogens (tertiary/aromatic N) is 2. The topological polar surface area (TPSA) is 70.1 Å². The van der Waals surface area contributed by atoms with E-state index in [0.717, 1.165) is 18.7 Å². The molecule has 0 aliphatic carbocycles. The molecule has 1 unspecified atom stereocenters. The summed E-state index contributed by atoms with van der Waals surface area (Å²) < 4.78 is 5.56. The molecule has 34 heavy (non-hydrogen) atoms. The van der Waals surface area contributed by atoms with E-state index in [4.69, 9.17) is 4.74 Å². The van der Waals surface area contributed by atoms with E-state index in [2.05, 4.69) is 32.6 Å². The van der Waals surface area contributed by atoms with E-state index in [9.17, 15) is 14.7 Å². The lowest BCUT2D eigenvalue weighted by atomic mass is 9.93. The number of rotatable bonds is 10. The smallest absolute Gasteiger partial charge is 0.295 e. The van der Waals surface area contributed by atoms with Crippen molar-refractivity contribution in [3.63, 3.8) is 0 Å². The van der Waals surface area contributed by atoms with E-state index in [-0.39, 0.29) is 11.3 Å². The first-order chi connectivity index (χ1) is 16.3. The summed E-state index contributed by atoms with van der Waals surface area (Å²) in [5.41, 5.74) is 2.56. The van der Waals surface area contributed by atoms with Gasteiger partial charge < -0.3 is 19.6 Å². The summed E-state index contributed by atoms with van der Waals surface area (Å²) >= 11 is 0. The minimum atomic E-state index is -0.656. The molecule has 0 bridgehead atoms. The molecule has 2 aromatic carbocycles. The van der Waals surface area contributed by atoms with Crippen LogP contribution >= 0.6 is 0 Å². The fraction of sp³-hybridized carbons (Fsp3) is 0.429. The molecule has 1 saturated heterocycles. The van der Waals surface area contributed by atoms with Crippen LogP contribution in [0.5, 0.6) is 5.75 Å². The highest BCUT2D eigenvalue weighted by Gasteiger charge is 2.46. The quantitative estimate of drug-likeness (QED) is 0.305. The van der Waals surface area contributed by atoms with E-state index in [1.165, 1.54) is 5.56 Å². The summed E-state index contributed by atoms with van der Waals surface area (Å²) in [5.74, 6) is -0.447. The molecule has 1 N–H and O–H groups in total. The first-order valence-corrected chi connectivity index (χ1v) is 12.2. The fourth-order valence-corrected chi connectivity index (χ4v) is 4.36. The van der Waals surface area contributed by atoms with Crippen LogP contribution in [0.25, 0.3) is 5.76 Å². The number of aliphatic hydroxyl groups is 1. The van der Waals surface area contributed by atoms with Crippen molar-refractivity contribution < 1.29 is 19.4 Å². The standard InChI is InChI=1S/C28H36N2O4/c1-6-29(7-2)16-17-30-25(21-14-12-20(13-15-21)19(4)5)24(27(32)28(30)33)26(31)22-10-9-11-23(18-22)34-8-3/h9-15,18-19,25,31H,6-8,16-17H2,1-5H3/b26-24+. The van der Waals surface area contributed by atoms with Crippen LogP contribution in [0, 0.1) is 0 Å². The van der Waals surface area contributed by atoms with Gasteiger partial charge in [-0.2, -0.15) is 0 Å². The van der Waals surface area contributed by atoms with Crippen LogP contribution in [0.2, 0.25) is 0 Å². The van der Waals surface area contributed by atoms with E-state index in [1.807, 2.05) is 31.2 Å². The zero-order valence-corrected chi connectivity index (χ0v) is 20.9. The normalized spacial score (nSPS) is 17.7. The molecular formula is C28H36N2O4. The zero-order valence-electron chi connectivity index (χ0n) is 20.9. The first kappa shape index (κ1) is 25.5. The number of Topliss-reactive ketones (excluding diaryl/α,β-unsaturated/α-hetero) is 1. The molecule has 1 aliphatic heterocycles. The third kappa shape index (κ3) is 5.33. The Balaban J connectivity index is 2.10. The van der Waals surface area contributed by atoms with Crippen molar-refractivity contribution in [3.05, 3.63) is 70.8 Å². The Bertz CT molecular complexity index is 1040. The van der Waals surface area contributed by atoms with Gasteiger partial charge in [-0.25, -0.2) is 0 Å². The van der Waals surface area contributed by atoms with Crippen LogP contribution in [0.15, 0.2) is 54.1 Å². The van der Waals surface area contributed by atoms with Gasteiger partial charge in [0.15, 0.2) is 0 Å². The Hall–Kier alpha value is -3.12. The van der Waals surface area contributed by atoms with Gasteiger partial charge >= 0.3 is 0 Å². The second kappa shape index (κ2) is 11.3. The summed E-state index contributed by atoms with van der Waals surface area (Å²) in [6.45, 7) is 13.5. The number of aliphatic hydroxyl groups excluding tert-OH is 1. The molecule has 1 fully saturated rings. The molecule has 6 heteroatoms. The summed E-state index contributed by atoms with van der Waals surface area (Å²) in [6.07, 6.45) is 0. The summed E-state index contributed by atoms with van der Waals surface area (Å²) in [5, 5.41) is 11.3. The Morgan fingerprint density at radius 1 is 1.06 bits per heavy atom. The molecule has 3 rings (SSSR count). The van der Waals surface area contributed by atoms with Crippen molar-refractivity contribution in [2.24, 2.45) is 0 Å². The number of hydrogen-bond donors (Lipinski definition) is 1. The average Bonchev–Trinajstić information content (AvgIpc) is 3.09. The lowest BCUT2D eigenvalue weighted by Crippen LogP contribution is -2.38. The highest BCUT2D eigenvalue weighted by Crippen LogP contribution is 2.40. The van der Waals surface area contributed by atoms with Gasteiger partial charge in [0.05, 0.1) is 18.2 Å². The van der Waals surface area contributed by atoms with Gasteiger partial charge in [0, 0.05) is 18.7 Å². The van der Waals surface area contributed by atoms with Gasteiger partial charge in [-0.05, 0) is 49.2 Å². The Morgan fingerprint density at radius 3 is 2.32 bits per heavy atom. The van der Waals surface area contributed by atoms with Crippen molar-refractivity contribution in [2.45, 2.75) is 46.6 Å². The molecule has 1 heterocycles. The second-order valence-electron chi connectivity index (χ2n) is 8.80. The molecule has 2 aromatic rings. The molecule has 0 radical (unpaired) electrons. The lowest BCUT2D eigenvalue weighted by molar-refractivity contribution is -0.140. The van der Waals surface area contributed by atoms with Gasteiger partial charge in [-0.3, -0.25) is 9.59 Å². The third-order valence-corrected chi connectivity index (χ3v) is 6.43. The number of amides is 1. The van der Waals surface area contributed by atoms with Crippen LogP contribution < -0.4 is 4.74 Å². The molecule has 0 spiro atoms. The van der Waals surface area contributed by atoms with Gasteiger partial charge in [-0.15, -0.1) is 0 Å². The Morgan fingerprint density at radius 2 is 1.74 bits per heavy atom. The van der Waals surface area contributed by atoms with Crippen LogP contribution in [0.4, 0.5) is 0 Å². The Kier molecular flexibility index (Phi) is 8.51. The van der Waals surface area contributed by atoms with Crippen molar-refractivity contribution in [3.8, 4) is 5.75 Å². The predicted octanol–water partition coefficient (Wildman–Crippen LogP) is 4.97. The maximum absolute atomic E-state index is 13.2. The van der Waals surface area contributed by atoms with Crippen LogP contribution in [0.1, 0.15) is 63.3 Å². The molecule has 1 amide bonds. The van der Waals surface area contributed by atoms with Crippen LogP contribution in [0.3, 0.4) is 0 Å². The number of ketones is 1. The lowest BCUT2D eigenvalue weighted by Gasteiger charge is -2.28.